The Morgan fingerprint density at radius 2 is 1.80 bits per heavy atom. The van der Waals surface area contributed by atoms with Crippen LogP contribution in [0.5, 0.6) is 0 Å². The summed E-state index contributed by atoms with van der Waals surface area (Å²) >= 11 is 0. The highest BCUT2D eigenvalue weighted by molar-refractivity contribution is 6.02. The van der Waals surface area contributed by atoms with Gasteiger partial charge in [0.15, 0.2) is 0 Å². The van der Waals surface area contributed by atoms with Gasteiger partial charge in [-0.2, -0.15) is 13.2 Å². The van der Waals surface area contributed by atoms with Crippen molar-refractivity contribution in [1.82, 2.24) is 5.32 Å². The van der Waals surface area contributed by atoms with Gasteiger partial charge in [-0.15, -0.1) is 0 Å². The first kappa shape index (κ1) is 24.4. The average Bonchev–Trinajstić information content (AvgIpc) is 3.09. The molecule has 1 amide bonds. The molecule has 1 aliphatic rings. The lowest BCUT2D eigenvalue weighted by Crippen LogP contribution is -2.29. The second-order valence-electron chi connectivity index (χ2n) is 5.96. The molecule has 0 radical (unpaired) electrons. The number of nitrogens with one attached hydrogen (secondary N) is 2. The van der Waals surface area contributed by atoms with E-state index in [0.717, 1.165) is 11.3 Å². The summed E-state index contributed by atoms with van der Waals surface area (Å²) in [4.78, 5) is 36.2. The number of amides is 1. The summed E-state index contributed by atoms with van der Waals surface area (Å²) in [5, 5.41) is 29.5. The summed E-state index contributed by atoms with van der Waals surface area (Å²) in [6.45, 7) is 0.0983. The molecule has 0 fully saturated rings. The number of nitrogens with two attached hydrogens (primary N) is 1. The van der Waals surface area contributed by atoms with Crippen molar-refractivity contribution in [2.75, 3.05) is 6.54 Å². The fourth-order valence-corrected chi connectivity index (χ4v) is 2.14. The minimum absolute atomic E-state index is 0.00271. The first-order valence-corrected chi connectivity index (χ1v) is 8.36. The van der Waals surface area contributed by atoms with Gasteiger partial charge >= 0.3 is 18.1 Å². The van der Waals surface area contributed by atoms with Gasteiger partial charge < -0.3 is 26.1 Å². The van der Waals surface area contributed by atoms with E-state index in [1.54, 1.807) is 24.3 Å². The number of carbonyl (C=O) groups is 3. The lowest BCUT2D eigenvalue weighted by molar-refractivity contribution is -0.192. The van der Waals surface area contributed by atoms with Crippen LogP contribution in [0.4, 0.5) is 13.2 Å². The number of carboxylic acids is 2. The van der Waals surface area contributed by atoms with Crippen LogP contribution in [0.1, 0.15) is 30.4 Å². The third kappa shape index (κ3) is 8.58. The highest BCUT2D eigenvalue weighted by atomic mass is 19.4. The van der Waals surface area contributed by atoms with Crippen LogP contribution < -0.4 is 11.1 Å². The predicted molar refractivity (Wildman–Crippen MR) is 97.1 cm³/mol. The first-order valence-electron chi connectivity index (χ1n) is 8.36. The van der Waals surface area contributed by atoms with Crippen LogP contribution in [-0.4, -0.2) is 58.4 Å². The molecule has 2 rings (SSSR count). The Balaban J connectivity index is 0.000000553. The maximum Gasteiger partial charge on any atom is 0.490 e. The van der Waals surface area contributed by atoms with E-state index in [9.17, 15) is 22.8 Å². The summed E-state index contributed by atoms with van der Waals surface area (Å²) < 4.78 is 31.7. The van der Waals surface area contributed by atoms with Gasteiger partial charge in [0, 0.05) is 18.5 Å². The zero-order chi connectivity index (χ0) is 22.9. The van der Waals surface area contributed by atoms with Gasteiger partial charge in [-0.1, -0.05) is 29.4 Å². The van der Waals surface area contributed by atoms with E-state index < -0.39 is 18.1 Å². The van der Waals surface area contributed by atoms with Crippen molar-refractivity contribution in [3.8, 4) is 0 Å². The molecule has 1 atom stereocenters. The topological polar surface area (TPSA) is 175 Å². The molecule has 164 valence electrons. The van der Waals surface area contributed by atoms with Gasteiger partial charge in [-0.25, -0.2) is 4.79 Å². The monoisotopic (exact) mass is 432 g/mol. The number of nitrogen functional groups attached to an aromatic ring is 1. The van der Waals surface area contributed by atoms with Gasteiger partial charge in [0.25, 0.3) is 0 Å². The van der Waals surface area contributed by atoms with E-state index in [-0.39, 0.29) is 37.2 Å². The molecule has 0 spiro atoms. The van der Waals surface area contributed by atoms with Crippen LogP contribution in [0.25, 0.3) is 0 Å². The zero-order valence-corrected chi connectivity index (χ0v) is 15.4. The number of nitrogens with zero attached hydrogens (tertiary/aromatic N) is 1. The van der Waals surface area contributed by atoms with E-state index in [1.807, 2.05) is 0 Å². The number of oxime groups is 1. The van der Waals surface area contributed by atoms with Crippen molar-refractivity contribution < 1.29 is 42.6 Å². The Kier molecular flexibility index (Phi) is 8.77. The number of hydrogen-bond donors (Lipinski definition) is 5. The summed E-state index contributed by atoms with van der Waals surface area (Å²) in [6.07, 6.45) is -4.94. The molecule has 1 aromatic carbocycles. The molecule has 6 N–H and O–H groups in total. The number of carboxylic acid groups (broad SMARTS) is 2. The third-order valence-corrected chi connectivity index (χ3v) is 3.58. The first-order chi connectivity index (χ1) is 13.9. The molecular weight excluding hydrogens is 413 g/mol. The SMILES string of the molecule is N=C(N)c1ccc(C2=NOC(CC(=O)NCCC(=O)O)C2)cc1.O=C(O)C(F)(F)F. The fraction of sp³-hybridized carbons (Fsp3) is 0.353. The number of amidine groups is 1. The van der Waals surface area contributed by atoms with Crippen molar-refractivity contribution in [3.05, 3.63) is 35.4 Å². The second kappa shape index (κ2) is 10.8. The molecule has 1 heterocycles. The number of rotatable bonds is 7. The minimum Gasteiger partial charge on any atom is -0.481 e. The van der Waals surface area contributed by atoms with Gasteiger partial charge in [-0.3, -0.25) is 15.0 Å². The van der Waals surface area contributed by atoms with E-state index in [1.165, 1.54) is 0 Å². The molecule has 0 bridgehead atoms. The molecule has 0 saturated heterocycles. The molecule has 13 heteroatoms. The van der Waals surface area contributed by atoms with Crippen molar-refractivity contribution in [1.29, 1.82) is 5.41 Å². The largest absolute Gasteiger partial charge is 0.490 e. The molecule has 30 heavy (non-hydrogen) atoms. The van der Waals surface area contributed by atoms with Crippen LogP contribution in [0.3, 0.4) is 0 Å². The lowest BCUT2D eigenvalue weighted by atomic mass is 10.0. The molecule has 10 nitrogen and oxygen atoms in total. The number of benzene rings is 1. The van der Waals surface area contributed by atoms with Crippen molar-refractivity contribution in [2.24, 2.45) is 10.9 Å². The van der Waals surface area contributed by atoms with E-state index >= 15 is 0 Å². The number of aliphatic carboxylic acids is 2. The Bertz CT molecular complexity index is 824. The molecule has 1 aliphatic heterocycles. The predicted octanol–water partition coefficient (Wildman–Crippen LogP) is 1.08. The summed E-state index contributed by atoms with van der Waals surface area (Å²) in [7, 11) is 0. The van der Waals surface area contributed by atoms with E-state index in [4.69, 9.17) is 31.0 Å². The Morgan fingerprint density at radius 1 is 1.23 bits per heavy atom. The second-order valence-corrected chi connectivity index (χ2v) is 5.96. The van der Waals surface area contributed by atoms with E-state index in [2.05, 4.69) is 10.5 Å². The van der Waals surface area contributed by atoms with Crippen LogP contribution in [0, 0.1) is 5.41 Å². The highest BCUT2D eigenvalue weighted by Crippen LogP contribution is 2.19. The van der Waals surface area contributed by atoms with Crippen LogP contribution in [0.15, 0.2) is 29.4 Å². The van der Waals surface area contributed by atoms with Crippen LogP contribution >= 0.6 is 0 Å². The fourth-order valence-electron chi connectivity index (χ4n) is 2.14. The maximum atomic E-state index is 11.7. The number of halogens is 3. The van der Waals surface area contributed by atoms with Crippen molar-refractivity contribution >= 4 is 29.4 Å². The average molecular weight is 432 g/mol. The summed E-state index contributed by atoms with van der Waals surface area (Å²) in [5.74, 6) is -3.98. The van der Waals surface area contributed by atoms with Crippen LogP contribution in [-0.2, 0) is 19.2 Å². The van der Waals surface area contributed by atoms with E-state index in [0.29, 0.717) is 12.0 Å². The molecule has 1 unspecified atom stereocenters. The Labute approximate surface area is 168 Å². The zero-order valence-electron chi connectivity index (χ0n) is 15.4. The molecule has 0 saturated carbocycles. The minimum atomic E-state index is -5.08. The maximum absolute atomic E-state index is 11.7. The van der Waals surface area contributed by atoms with Crippen molar-refractivity contribution in [3.63, 3.8) is 0 Å². The molecule has 1 aromatic rings. The standard InChI is InChI=1S/C15H18N4O4.C2HF3O2/c16-15(17)10-3-1-9(2-4-10)12-7-11(23-19-12)8-13(20)18-6-5-14(21)22;3-2(4,5)1(6)7/h1-4,11H,5-8H2,(H3,16,17)(H,18,20)(H,21,22);(H,6,7). The van der Waals surface area contributed by atoms with Gasteiger partial charge in [0.05, 0.1) is 18.6 Å². The van der Waals surface area contributed by atoms with Gasteiger partial charge in [0.1, 0.15) is 11.9 Å². The number of alkyl halides is 3. The smallest absolute Gasteiger partial charge is 0.481 e. The lowest BCUT2D eigenvalue weighted by Gasteiger charge is -2.08. The third-order valence-electron chi connectivity index (χ3n) is 3.58. The highest BCUT2D eigenvalue weighted by Gasteiger charge is 2.38. The Morgan fingerprint density at radius 3 is 2.27 bits per heavy atom. The number of carbonyl (C=O) groups excluding carboxylic acids is 1. The van der Waals surface area contributed by atoms with Gasteiger partial charge in [0.2, 0.25) is 5.91 Å². The Hall–Kier alpha value is -3.64. The molecule has 0 aliphatic carbocycles. The summed E-state index contributed by atoms with van der Waals surface area (Å²) in [6, 6.07) is 7.06. The van der Waals surface area contributed by atoms with Crippen molar-refractivity contribution in [2.45, 2.75) is 31.5 Å². The molecule has 0 aromatic heterocycles. The van der Waals surface area contributed by atoms with Crippen LogP contribution in [0.2, 0.25) is 0 Å². The van der Waals surface area contributed by atoms with Gasteiger partial charge in [-0.05, 0) is 5.56 Å². The number of hydrogen-bond acceptors (Lipinski definition) is 6. The molecular formula is C17H19F3N4O6. The summed E-state index contributed by atoms with van der Waals surface area (Å²) in [5.41, 5.74) is 7.60. The quantitative estimate of drug-likeness (QED) is 0.316. The normalized spacial score (nSPS) is 15.2.